The van der Waals surface area contributed by atoms with Gasteiger partial charge in [0.25, 0.3) is 5.91 Å². The van der Waals surface area contributed by atoms with E-state index in [-0.39, 0.29) is 69.7 Å². The van der Waals surface area contributed by atoms with Crippen LogP contribution in [0.15, 0.2) is 42.5 Å². The molecule has 246 valence electrons. The van der Waals surface area contributed by atoms with Crippen LogP contribution >= 0.6 is 7.60 Å². The molecule has 0 unspecified atom stereocenters. The minimum absolute atomic E-state index is 0.0552. The Labute approximate surface area is 265 Å². The molecule has 12 nitrogen and oxygen atoms in total. The number of piperazine rings is 1. The van der Waals surface area contributed by atoms with Crippen molar-refractivity contribution in [3.63, 3.8) is 0 Å². The third-order valence-corrected chi connectivity index (χ3v) is 10.1. The number of aromatic nitrogens is 1. The number of amides is 3. The molecule has 2 aliphatic rings. The van der Waals surface area contributed by atoms with Crippen LogP contribution in [0.5, 0.6) is 0 Å². The molecule has 1 aliphatic carbocycles. The summed E-state index contributed by atoms with van der Waals surface area (Å²) in [4.78, 5) is 47.8. The van der Waals surface area contributed by atoms with Crippen LogP contribution in [0.4, 0.5) is 4.79 Å². The third-order valence-electron chi connectivity index (χ3n) is 7.97. The maximum Gasteiger partial charge on any atom is 0.409 e. The van der Waals surface area contributed by atoms with E-state index >= 15 is 0 Å². The number of nitrogens with one attached hydrogen (secondary N) is 1. The molecule has 0 radical (unpaired) electrons. The summed E-state index contributed by atoms with van der Waals surface area (Å²) in [5, 5.41) is 12.5. The molecule has 1 saturated carbocycles. The number of carbonyl (C=O) groups excluding carboxylic acids is 3. The van der Waals surface area contributed by atoms with Gasteiger partial charge < -0.3 is 34.0 Å². The number of benzene rings is 1. The van der Waals surface area contributed by atoms with E-state index in [0.717, 1.165) is 30.4 Å². The first kappa shape index (κ1) is 34.6. The van der Waals surface area contributed by atoms with Gasteiger partial charge in [0.1, 0.15) is 11.7 Å². The Bertz CT molecular complexity index is 1340. The lowest BCUT2D eigenvalue weighted by Crippen LogP contribution is -2.57. The fraction of sp³-hybridized carbons (Fsp3) is 0.562. The van der Waals surface area contributed by atoms with Gasteiger partial charge >= 0.3 is 13.7 Å². The Balaban J connectivity index is 1.56. The van der Waals surface area contributed by atoms with Crippen molar-refractivity contribution in [3.8, 4) is 11.3 Å². The van der Waals surface area contributed by atoms with Gasteiger partial charge in [-0.25, -0.2) is 9.78 Å². The first-order chi connectivity index (χ1) is 21.7. The van der Waals surface area contributed by atoms with Crippen LogP contribution in [-0.2, 0) is 23.1 Å². The second-order valence-electron chi connectivity index (χ2n) is 11.3. The molecule has 45 heavy (non-hydrogen) atoms. The monoisotopic (exact) mass is 644 g/mol. The van der Waals surface area contributed by atoms with Crippen LogP contribution in [0.25, 0.3) is 11.3 Å². The molecule has 2 aromatic rings. The van der Waals surface area contributed by atoms with Gasteiger partial charge in [-0.2, -0.15) is 0 Å². The maximum atomic E-state index is 13.9. The summed E-state index contributed by atoms with van der Waals surface area (Å²) in [6.07, 6.45) is 1.71. The highest BCUT2D eigenvalue weighted by Gasteiger charge is 2.40. The molecule has 1 aliphatic heterocycles. The summed E-state index contributed by atoms with van der Waals surface area (Å²) in [6, 6.07) is 11.8. The molecule has 2 heterocycles. The maximum absolute atomic E-state index is 13.9. The number of hydrogen-bond acceptors (Lipinski definition) is 9. The first-order valence-electron chi connectivity index (χ1n) is 15.8. The Hall–Kier alpha value is -3.31. The Kier molecular flexibility index (Phi) is 12.5. The lowest BCUT2D eigenvalue weighted by Gasteiger charge is -2.36. The summed E-state index contributed by atoms with van der Waals surface area (Å²) >= 11 is 0. The fourth-order valence-corrected chi connectivity index (χ4v) is 7.17. The van der Waals surface area contributed by atoms with Crippen molar-refractivity contribution in [2.45, 2.75) is 52.0 Å². The van der Waals surface area contributed by atoms with Crippen LogP contribution in [0.3, 0.4) is 0 Å². The van der Waals surface area contributed by atoms with Gasteiger partial charge in [0.05, 0.1) is 31.7 Å². The summed E-state index contributed by atoms with van der Waals surface area (Å²) in [7, 11) is -3.75. The fourth-order valence-electron chi connectivity index (χ4n) is 5.40. The van der Waals surface area contributed by atoms with Crippen LogP contribution < -0.4 is 5.32 Å². The number of rotatable bonds is 15. The summed E-state index contributed by atoms with van der Waals surface area (Å²) in [6.45, 7) is 6.94. The SMILES string of the molecule is CCCCOC(=O)N1CCN(C(=O)[C@H](CP(=O)(OCC)OCC)NC(=O)c2cc([C@H]3C[C@@H]3CO)cc(-c3ccccc3)n2)CC1. The number of unbranched alkanes of at least 4 members (excludes halogenated alkanes) is 1. The van der Waals surface area contributed by atoms with E-state index in [1.807, 2.05) is 43.3 Å². The highest BCUT2D eigenvalue weighted by atomic mass is 31.2. The van der Waals surface area contributed by atoms with Crippen molar-refractivity contribution in [2.75, 3.05) is 58.8 Å². The van der Waals surface area contributed by atoms with Crippen LogP contribution in [0, 0.1) is 5.92 Å². The Morgan fingerprint density at radius 3 is 2.29 bits per heavy atom. The van der Waals surface area contributed by atoms with E-state index in [1.54, 1.807) is 24.8 Å². The average molecular weight is 645 g/mol. The first-order valence-corrected chi connectivity index (χ1v) is 17.5. The zero-order chi connectivity index (χ0) is 32.4. The molecule has 13 heteroatoms. The summed E-state index contributed by atoms with van der Waals surface area (Å²) in [5.74, 6) is -0.840. The number of aliphatic hydroxyl groups excluding tert-OH is 1. The number of ether oxygens (including phenoxy) is 1. The van der Waals surface area contributed by atoms with Crippen LogP contribution in [-0.4, -0.2) is 103 Å². The van der Waals surface area contributed by atoms with Crippen molar-refractivity contribution in [2.24, 2.45) is 5.92 Å². The minimum Gasteiger partial charge on any atom is -0.449 e. The van der Waals surface area contributed by atoms with E-state index in [4.69, 9.17) is 13.8 Å². The minimum atomic E-state index is -3.75. The number of carbonyl (C=O) groups is 3. The molecule has 1 aromatic heterocycles. The lowest BCUT2D eigenvalue weighted by molar-refractivity contribution is -0.134. The Morgan fingerprint density at radius 2 is 1.69 bits per heavy atom. The quantitative estimate of drug-likeness (QED) is 0.214. The molecule has 0 spiro atoms. The van der Waals surface area contributed by atoms with E-state index in [0.29, 0.717) is 12.3 Å². The highest BCUT2D eigenvalue weighted by molar-refractivity contribution is 7.54. The van der Waals surface area contributed by atoms with Gasteiger partial charge in [-0.1, -0.05) is 43.7 Å². The molecule has 2 N–H and O–H groups in total. The van der Waals surface area contributed by atoms with Crippen molar-refractivity contribution >= 4 is 25.5 Å². The van der Waals surface area contributed by atoms with Crippen LogP contribution in [0.2, 0.25) is 0 Å². The van der Waals surface area contributed by atoms with Crippen molar-refractivity contribution in [1.29, 1.82) is 0 Å². The molecule has 1 aromatic carbocycles. The molecule has 1 saturated heterocycles. The second-order valence-corrected chi connectivity index (χ2v) is 13.4. The molecule has 3 amide bonds. The van der Waals surface area contributed by atoms with Gasteiger partial charge in [0.2, 0.25) is 5.91 Å². The predicted octanol–water partition coefficient (Wildman–Crippen LogP) is 4.29. The number of nitrogens with zero attached hydrogens (tertiary/aromatic N) is 3. The lowest BCUT2D eigenvalue weighted by atomic mass is 10.0. The highest BCUT2D eigenvalue weighted by Crippen LogP contribution is 2.49. The Morgan fingerprint density at radius 1 is 1.02 bits per heavy atom. The molecule has 2 fully saturated rings. The zero-order valence-corrected chi connectivity index (χ0v) is 27.2. The molecule has 3 atom stereocenters. The predicted molar refractivity (Wildman–Crippen MR) is 169 cm³/mol. The van der Waals surface area contributed by atoms with Crippen LogP contribution in [0.1, 0.15) is 62.0 Å². The van der Waals surface area contributed by atoms with E-state index < -0.39 is 31.5 Å². The third kappa shape index (κ3) is 9.36. The second kappa shape index (κ2) is 16.3. The standard InChI is InChI=1S/C32H45N4O8P/c1-4-7-17-42-32(40)36-15-13-35(14-16-36)31(39)29(22-45(41,43-5-2)44-6-3)34-30(38)28-20-24(26-18-25(26)21-37)19-27(33-28)23-11-9-8-10-12-23/h8-12,19-20,25-26,29,37H,4-7,13-18,21-22H2,1-3H3,(H,34,38)/t25-,26-,29+/m1/s1. The normalized spacial score (nSPS) is 18.8. The van der Waals surface area contributed by atoms with Gasteiger partial charge in [0.15, 0.2) is 0 Å². The molecule has 4 rings (SSSR count). The van der Waals surface area contributed by atoms with Gasteiger partial charge in [0, 0.05) is 38.3 Å². The number of aliphatic hydroxyl groups is 1. The van der Waals surface area contributed by atoms with Crippen molar-refractivity contribution in [3.05, 3.63) is 53.7 Å². The number of pyridine rings is 1. The molecular weight excluding hydrogens is 599 g/mol. The smallest absolute Gasteiger partial charge is 0.409 e. The number of hydrogen-bond donors (Lipinski definition) is 2. The topological polar surface area (TPSA) is 148 Å². The molecule has 0 bridgehead atoms. The van der Waals surface area contributed by atoms with Gasteiger partial charge in [-0.3, -0.25) is 14.2 Å². The summed E-state index contributed by atoms with van der Waals surface area (Å²) < 4.78 is 29.9. The van der Waals surface area contributed by atoms with Gasteiger partial charge in [-0.05, 0) is 56.2 Å². The van der Waals surface area contributed by atoms with E-state index in [1.165, 1.54) is 4.90 Å². The molecular formula is C32H45N4O8P. The van der Waals surface area contributed by atoms with Crippen molar-refractivity contribution < 1.29 is 37.8 Å². The van der Waals surface area contributed by atoms with Gasteiger partial charge in [-0.15, -0.1) is 0 Å². The summed E-state index contributed by atoms with van der Waals surface area (Å²) in [5.41, 5.74) is 2.41. The average Bonchev–Trinajstić information content (AvgIpc) is 3.85. The van der Waals surface area contributed by atoms with Crippen molar-refractivity contribution in [1.82, 2.24) is 20.1 Å². The largest absolute Gasteiger partial charge is 0.449 e. The zero-order valence-electron chi connectivity index (χ0n) is 26.4. The van der Waals surface area contributed by atoms with E-state index in [2.05, 4.69) is 10.3 Å². The van der Waals surface area contributed by atoms with E-state index in [9.17, 15) is 24.1 Å².